The molecular formula is C30H43ClN6O4S. The zero-order valence-corrected chi connectivity index (χ0v) is 26.5. The third-order valence-electron chi connectivity index (χ3n) is 8.50. The van der Waals surface area contributed by atoms with Gasteiger partial charge < -0.3 is 15.0 Å². The van der Waals surface area contributed by atoms with Crippen LogP contribution in [0.15, 0.2) is 24.4 Å². The number of sulfone groups is 1. The van der Waals surface area contributed by atoms with Crippen LogP contribution in [0.3, 0.4) is 0 Å². The summed E-state index contributed by atoms with van der Waals surface area (Å²) in [6.45, 7) is 9.94. The van der Waals surface area contributed by atoms with Gasteiger partial charge in [0.25, 0.3) is 5.91 Å². The molecule has 3 aliphatic rings. The van der Waals surface area contributed by atoms with Crippen molar-refractivity contribution in [1.82, 2.24) is 25.1 Å². The number of piperazine rings is 1. The van der Waals surface area contributed by atoms with Crippen molar-refractivity contribution in [2.45, 2.75) is 70.6 Å². The van der Waals surface area contributed by atoms with Crippen LogP contribution in [-0.2, 0) is 16.4 Å². The van der Waals surface area contributed by atoms with E-state index in [9.17, 15) is 13.2 Å². The van der Waals surface area contributed by atoms with Crippen LogP contribution >= 0.6 is 11.6 Å². The number of nitrogens with zero attached hydrogens (tertiary/aromatic N) is 5. The summed E-state index contributed by atoms with van der Waals surface area (Å²) in [6.07, 6.45) is 8.22. The van der Waals surface area contributed by atoms with Crippen LogP contribution < -0.4 is 15.0 Å². The molecule has 2 saturated heterocycles. The first-order valence-electron chi connectivity index (χ1n) is 15.1. The van der Waals surface area contributed by atoms with Gasteiger partial charge in [0.1, 0.15) is 23.9 Å². The van der Waals surface area contributed by atoms with E-state index in [1.54, 1.807) is 6.20 Å². The van der Waals surface area contributed by atoms with Gasteiger partial charge in [-0.1, -0.05) is 24.6 Å². The van der Waals surface area contributed by atoms with Crippen LogP contribution in [0.4, 0.5) is 5.82 Å². The van der Waals surface area contributed by atoms with E-state index in [1.807, 2.05) is 25.1 Å². The normalized spacial score (nSPS) is 21.0. The largest absolute Gasteiger partial charge is 0.491 e. The van der Waals surface area contributed by atoms with Gasteiger partial charge in [-0.05, 0) is 69.8 Å². The fourth-order valence-corrected chi connectivity index (χ4v) is 6.57. The molecule has 2 aliphatic heterocycles. The molecule has 0 unspecified atom stereocenters. The molecule has 12 heteroatoms. The van der Waals surface area contributed by atoms with Crippen molar-refractivity contribution in [3.05, 3.63) is 46.4 Å². The van der Waals surface area contributed by atoms with E-state index in [0.717, 1.165) is 88.4 Å². The number of amides is 1. The number of halogens is 1. The number of rotatable bonds is 11. The zero-order chi connectivity index (χ0) is 29.9. The van der Waals surface area contributed by atoms with Crippen LogP contribution in [-0.4, -0.2) is 104 Å². The number of hydrogen-bond acceptors (Lipinski definition) is 9. The smallest absolute Gasteiger partial charge is 0.271 e. The van der Waals surface area contributed by atoms with Crippen molar-refractivity contribution in [3.63, 3.8) is 0 Å². The lowest BCUT2D eigenvalue weighted by Crippen LogP contribution is -2.58. The highest BCUT2D eigenvalue weighted by molar-refractivity contribution is 7.90. The van der Waals surface area contributed by atoms with Gasteiger partial charge in [0, 0.05) is 50.6 Å². The molecule has 1 aliphatic carbocycles. The Morgan fingerprint density at radius 3 is 2.57 bits per heavy atom. The number of benzene rings is 1. The molecule has 1 aromatic carbocycles. The Morgan fingerprint density at radius 2 is 1.90 bits per heavy atom. The minimum absolute atomic E-state index is 0.0353. The van der Waals surface area contributed by atoms with Crippen LogP contribution in [0, 0.1) is 6.92 Å². The van der Waals surface area contributed by atoms with E-state index in [4.69, 9.17) is 16.3 Å². The number of hydrogen-bond donors (Lipinski definition) is 1. The summed E-state index contributed by atoms with van der Waals surface area (Å²) in [7, 11) is -3.09. The number of anilines is 1. The Hall–Kier alpha value is -2.47. The summed E-state index contributed by atoms with van der Waals surface area (Å²) in [5.74, 6) is 1.25. The van der Waals surface area contributed by atoms with E-state index < -0.39 is 9.84 Å². The Labute approximate surface area is 254 Å². The molecule has 1 N–H and O–H groups in total. The maximum atomic E-state index is 12.4. The lowest BCUT2D eigenvalue weighted by atomic mass is 9.97. The maximum absolute atomic E-state index is 12.4. The predicted octanol–water partition coefficient (Wildman–Crippen LogP) is 3.32. The highest BCUT2D eigenvalue weighted by Gasteiger charge is 2.34. The van der Waals surface area contributed by atoms with E-state index in [2.05, 4.69) is 36.9 Å². The molecule has 10 nitrogen and oxygen atoms in total. The number of aryl methyl sites for hydroxylation is 1. The van der Waals surface area contributed by atoms with Crippen molar-refractivity contribution in [2.24, 2.45) is 0 Å². The molecule has 1 aromatic heterocycles. The third kappa shape index (κ3) is 8.12. The standard InChI is InChI=1S/C30H43ClN6O4S/c1-4-24-20-36(29-21(2)33-27(18-32-29)30(38)34-23-6-7-23)13-14-37(24)25-9-11-35(12-10-25)19-22-5-8-26(31)28(17-22)41-15-16-42(3,39)40/h5,8,17-18,23-25H,4,6-7,9-16,19-20H2,1-3H3,(H,34,38)/t24-/m0/s1. The van der Waals surface area contributed by atoms with Gasteiger partial charge in [-0.2, -0.15) is 0 Å². The topological polar surface area (TPSA) is 108 Å². The molecule has 1 atom stereocenters. The second-order valence-electron chi connectivity index (χ2n) is 11.9. The summed E-state index contributed by atoms with van der Waals surface area (Å²) in [6, 6.07) is 7.06. The lowest BCUT2D eigenvalue weighted by molar-refractivity contribution is 0.0610. The molecule has 0 radical (unpaired) electrons. The van der Waals surface area contributed by atoms with Crippen LogP contribution in [0.1, 0.15) is 60.8 Å². The summed E-state index contributed by atoms with van der Waals surface area (Å²) < 4.78 is 28.5. The van der Waals surface area contributed by atoms with Crippen molar-refractivity contribution in [1.29, 1.82) is 0 Å². The number of nitrogens with one attached hydrogen (secondary N) is 1. The van der Waals surface area contributed by atoms with Crippen molar-refractivity contribution in [2.75, 3.05) is 56.2 Å². The van der Waals surface area contributed by atoms with Gasteiger partial charge in [-0.25, -0.2) is 18.4 Å². The van der Waals surface area contributed by atoms with E-state index >= 15 is 0 Å². The Balaban J connectivity index is 1.12. The maximum Gasteiger partial charge on any atom is 0.271 e. The monoisotopic (exact) mass is 618 g/mol. The minimum Gasteiger partial charge on any atom is -0.491 e. The Kier molecular flexibility index (Phi) is 9.92. The second kappa shape index (κ2) is 13.4. The number of piperidine rings is 1. The van der Waals surface area contributed by atoms with Gasteiger partial charge in [-0.15, -0.1) is 0 Å². The van der Waals surface area contributed by atoms with E-state index in [0.29, 0.717) is 34.6 Å². The fourth-order valence-electron chi connectivity index (χ4n) is 6.02. The molecule has 42 heavy (non-hydrogen) atoms. The van der Waals surface area contributed by atoms with E-state index in [-0.39, 0.29) is 18.3 Å². The number of carbonyl (C=O) groups excluding carboxylic acids is 1. The van der Waals surface area contributed by atoms with Crippen LogP contribution in [0.2, 0.25) is 5.02 Å². The Morgan fingerprint density at radius 1 is 1.14 bits per heavy atom. The summed E-state index contributed by atoms with van der Waals surface area (Å²) >= 11 is 6.30. The molecule has 1 amide bonds. The van der Waals surface area contributed by atoms with Crippen molar-refractivity contribution >= 4 is 33.2 Å². The van der Waals surface area contributed by atoms with Gasteiger partial charge in [0.05, 0.1) is 22.7 Å². The second-order valence-corrected chi connectivity index (χ2v) is 14.6. The number of likely N-dealkylation sites (tertiary alicyclic amines) is 1. The Bertz CT molecular complexity index is 1360. The SMILES string of the molecule is CC[C@H]1CN(c2ncc(C(=O)NC3CC3)nc2C)CCN1C1CCN(Cc2ccc(Cl)c(OCCS(C)(=O)=O)c2)CC1. The molecular weight excluding hydrogens is 576 g/mol. The van der Waals surface area contributed by atoms with Gasteiger partial charge in [0.2, 0.25) is 0 Å². The molecule has 3 heterocycles. The zero-order valence-electron chi connectivity index (χ0n) is 24.9. The van der Waals surface area contributed by atoms with E-state index in [1.165, 1.54) is 6.26 Å². The third-order valence-corrected chi connectivity index (χ3v) is 9.73. The molecule has 2 aromatic rings. The van der Waals surface area contributed by atoms with Crippen LogP contribution in [0.5, 0.6) is 5.75 Å². The first kappa shape index (κ1) is 31.0. The van der Waals surface area contributed by atoms with Gasteiger partial charge in [0.15, 0.2) is 9.84 Å². The summed E-state index contributed by atoms with van der Waals surface area (Å²) in [5, 5.41) is 3.49. The average molecular weight is 619 g/mol. The summed E-state index contributed by atoms with van der Waals surface area (Å²) in [5.41, 5.74) is 2.32. The average Bonchev–Trinajstić information content (AvgIpc) is 3.78. The molecule has 3 fully saturated rings. The molecule has 1 saturated carbocycles. The highest BCUT2D eigenvalue weighted by Crippen LogP contribution is 2.29. The molecule has 5 rings (SSSR count). The fraction of sp³-hybridized carbons (Fsp3) is 0.633. The number of ether oxygens (including phenoxy) is 1. The van der Waals surface area contributed by atoms with Gasteiger partial charge >= 0.3 is 0 Å². The number of aromatic nitrogens is 2. The van der Waals surface area contributed by atoms with Crippen molar-refractivity contribution < 1.29 is 17.9 Å². The lowest BCUT2D eigenvalue weighted by Gasteiger charge is -2.47. The molecule has 230 valence electrons. The predicted molar refractivity (Wildman–Crippen MR) is 165 cm³/mol. The number of carbonyl (C=O) groups is 1. The minimum atomic E-state index is -3.09. The van der Waals surface area contributed by atoms with Crippen molar-refractivity contribution in [3.8, 4) is 5.75 Å². The van der Waals surface area contributed by atoms with Gasteiger partial charge in [-0.3, -0.25) is 14.6 Å². The highest BCUT2D eigenvalue weighted by atomic mass is 35.5. The quantitative estimate of drug-likeness (QED) is 0.406. The summed E-state index contributed by atoms with van der Waals surface area (Å²) in [4.78, 5) is 29.2. The van der Waals surface area contributed by atoms with Crippen LogP contribution in [0.25, 0.3) is 0 Å². The molecule has 0 bridgehead atoms. The first-order valence-corrected chi connectivity index (χ1v) is 17.5. The first-order chi connectivity index (χ1) is 20.1. The molecule has 0 spiro atoms.